The van der Waals surface area contributed by atoms with E-state index < -0.39 is 0 Å². The van der Waals surface area contributed by atoms with E-state index in [0.29, 0.717) is 0 Å². The molecule has 0 aliphatic carbocycles. The van der Waals surface area contributed by atoms with E-state index in [1.807, 2.05) is 0 Å². The fourth-order valence-electron chi connectivity index (χ4n) is 1.44. The maximum absolute atomic E-state index is 3.76. The lowest BCUT2D eigenvalue weighted by Crippen LogP contribution is -1.79. The Labute approximate surface area is 90.5 Å². The fraction of sp³-hybridized carbons (Fsp3) is 0.786. The molecule has 0 heterocycles. The highest BCUT2D eigenvalue weighted by Crippen LogP contribution is 2.07. The molecule has 0 aliphatic heterocycles. The first-order valence-corrected chi connectivity index (χ1v) is 6.16. The fourth-order valence-corrected chi connectivity index (χ4v) is 1.44. The largest absolute Gasteiger partial charge is 0.103 e. The lowest BCUT2D eigenvalue weighted by atomic mass is 10.1. The minimum Gasteiger partial charge on any atom is -0.103 e. The maximum Gasteiger partial charge on any atom is 0.00886 e. The molecule has 0 nitrogen and oxygen atoms in total. The van der Waals surface area contributed by atoms with E-state index >= 15 is 0 Å². The van der Waals surface area contributed by atoms with E-state index in [1.165, 1.54) is 44.9 Å². The van der Waals surface area contributed by atoms with Gasteiger partial charge in [-0.15, -0.1) is 11.8 Å². The van der Waals surface area contributed by atoms with Crippen molar-refractivity contribution in [3.63, 3.8) is 0 Å². The smallest absolute Gasteiger partial charge is 0.00886 e. The highest BCUT2D eigenvalue weighted by Gasteiger charge is 1.88. The Morgan fingerprint density at radius 1 is 0.786 bits per heavy atom. The third kappa shape index (κ3) is 11.6. The first-order valence-electron chi connectivity index (χ1n) is 6.16. The van der Waals surface area contributed by atoms with E-state index in [1.54, 1.807) is 0 Å². The van der Waals surface area contributed by atoms with Gasteiger partial charge in [0.1, 0.15) is 0 Å². The highest BCUT2D eigenvalue weighted by atomic mass is 13.9. The molecule has 0 N–H and O–H groups in total. The molecule has 0 heteroatoms. The number of hydrogen-bond acceptors (Lipinski definition) is 0. The van der Waals surface area contributed by atoms with Crippen molar-refractivity contribution in [2.45, 2.75) is 71.1 Å². The average Bonchev–Trinajstić information content (AvgIpc) is 2.21. The summed E-state index contributed by atoms with van der Waals surface area (Å²) in [7, 11) is 0. The summed E-state index contributed by atoms with van der Waals surface area (Å²) >= 11 is 0. The zero-order valence-corrected chi connectivity index (χ0v) is 9.78. The van der Waals surface area contributed by atoms with Crippen LogP contribution in [-0.4, -0.2) is 0 Å². The van der Waals surface area contributed by atoms with Crippen molar-refractivity contribution >= 4 is 0 Å². The zero-order chi connectivity index (χ0) is 10.5. The average molecular weight is 193 g/mol. The van der Waals surface area contributed by atoms with Crippen molar-refractivity contribution in [1.82, 2.24) is 0 Å². The van der Waals surface area contributed by atoms with Gasteiger partial charge in [-0.2, -0.15) is 0 Å². The monoisotopic (exact) mass is 193 g/mol. The molecular formula is C14H25. The quantitative estimate of drug-likeness (QED) is 0.385. The van der Waals surface area contributed by atoms with Gasteiger partial charge in [0.2, 0.25) is 0 Å². The van der Waals surface area contributed by atoms with Crippen LogP contribution in [0, 0.1) is 18.8 Å². The first kappa shape index (κ1) is 13.6. The van der Waals surface area contributed by atoms with Gasteiger partial charge >= 0.3 is 0 Å². The summed E-state index contributed by atoms with van der Waals surface area (Å²) in [6.45, 7) is 6.02. The second-order valence-electron chi connectivity index (χ2n) is 3.83. The van der Waals surface area contributed by atoms with Crippen LogP contribution in [0.3, 0.4) is 0 Å². The maximum atomic E-state index is 3.76. The van der Waals surface area contributed by atoms with E-state index in [9.17, 15) is 0 Å². The third-order valence-corrected chi connectivity index (χ3v) is 2.33. The Bertz CT molecular complexity index is 147. The summed E-state index contributed by atoms with van der Waals surface area (Å²) in [5.74, 6) is 6.33. The van der Waals surface area contributed by atoms with Gasteiger partial charge < -0.3 is 0 Å². The SMILES string of the molecule is [CH2]CCC#CCCCCCCCCC. The van der Waals surface area contributed by atoms with Gasteiger partial charge in [-0.25, -0.2) is 0 Å². The van der Waals surface area contributed by atoms with Crippen LogP contribution in [0.4, 0.5) is 0 Å². The standard InChI is InChI=1S/C14H25/c1-3-5-7-9-11-13-14-12-10-8-6-4-2/h1,3-6,8,10-14H2,2H3. The molecular weight excluding hydrogens is 168 g/mol. The van der Waals surface area contributed by atoms with Crippen molar-refractivity contribution in [1.29, 1.82) is 0 Å². The lowest BCUT2D eigenvalue weighted by molar-refractivity contribution is 0.594. The molecule has 0 aliphatic rings. The van der Waals surface area contributed by atoms with Gasteiger partial charge in [0.25, 0.3) is 0 Å². The van der Waals surface area contributed by atoms with Crippen LogP contribution in [-0.2, 0) is 0 Å². The molecule has 0 spiro atoms. The van der Waals surface area contributed by atoms with Crippen LogP contribution >= 0.6 is 0 Å². The van der Waals surface area contributed by atoms with E-state index in [-0.39, 0.29) is 0 Å². The zero-order valence-electron chi connectivity index (χ0n) is 9.78. The number of rotatable bonds is 8. The topological polar surface area (TPSA) is 0 Å². The molecule has 0 saturated carbocycles. The Kier molecular flexibility index (Phi) is 12.2. The van der Waals surface area contributed by atoms with Gasteiger partial charge in [0, 0.05) is 12.8 Å². The summed E-state index contributed by atoms with van der Waals surface area (Å²) in [5, 5.41) is 0. The third-order valence-electron chi connectivity index (χ3n) is 2.33. The van der Waals surface area contributed by atoms with E-state index in [0.717, 1.165) is 19.3 Å². The molecule has 0 atom stereocenters. The molecule has 81 valence electrons. The van der Waals surface area contributed by atoms with Crippen molar-refractivity contribution in [2.24, 2.45) is 0 Å². The molecule has 0 amide bonds. The molecule has 14 heavy (non-hydrogen) atoms. The van der Waals surface area contributed by atoms with E-state index in [2.05, 4.69) is 25.7 Å². The van der Waals surface area contributed by atoms with Crippen LogP contribution in [0.1, 0.15) is 71.1 Å². The van der Waals surface area contributed by atoms with Gasteiger partial charge in [-0.3, -0.25) is 0 Å². The molecule has 0 unspecified atom stereocenters. The molecule has 0 rings (SSSR count). The molecule has 1 radical (unpaired) electrons. The highest BCUT2D eigenvalue weighted by molar-refractivity contribution is 4.98. The summed E-state index contributed by atoms with van der Waals surface area (Å²) in [4.78, 5) is 0. The normalized spacial score (nSPS) is 9.57. The molecule has 0 saturated heterocycles. The Morgan fingerprint density at radius 2 is 1.36 bits per heavy atom. The van der Waals surface area contributed by atoms with Crippen LogP contribution < -0.4 is 0 Å². The molecule has 0 aromatic carbocycles. The van der Waals surface area contributed by atoms with Gasteiger partial charge in [-0.1, -0.05) is 52.4 Å². The molecule has 0 aromatic heterocycles. The van der Waals surface area contributed by atoms with Crippen LogP contribution in [0.15, 0.2) is 0 Å². The molecule has 0 aromatic rings. The minimum atomic E-state index is 0.948. The Morgan fingerprint density at radius 3 is 2.00 bits per heavy atom. The van der Waals surface area contributed by atoms with Crippen molar-refractivity contribution in [3.05, 3.63) is 6.92 Å². The Hall–Kier alpha value is -0.440. The predicted molar refractivity (Wildman–Crippen MR) is 65.0 cm³/mol. The van der Waals surface area contributed by atoms with E-state index in [4.69, 9.17) is 0 Å². The molecule has 0 bridgehead atoms. The summed E-state index contributed by atoms with van der Waals surface area (Å²) in [6.07, 6.45) is 12.6. The van der Waals surface area contributed by atoms with Gasteiger partial charge in [0.05, 0.1) is 0 Å². The summed E-state index contributed by atoms with van der Waals surface area (Å²) < 4.78 is 0. The second kappa shape index (κ2) is 12.6. The van der Waals surface area contributed by atoms with Crippen molar-refractivity contribution in [2.75, 3.05) is 0 Å². The first-order chi connectivity index (χ1) is 6.91. The van der Waals surface area contributed by atoms with Gasteiger partial charge in [-0.05, 0) is 12.8 Å². The van der Waals surface area contributed by atoms with Crippen molar-refractivity contribution < 1.29 is 0 Å². The van der Waals surface area contributed by atoms with Crippen LogP contribution in [0.5, 0.6) is 0 Å². The lowest BCUT2D eigenvalue weighted by Gasteiger charge is -1.97. The number of unbranched alkanes of at least 4 members (excludes halogenated alkanes) is 8. The predicted octanol–water partition coefficient (Wildman–Crippen LogP) is 4.74. The summed E-state index contributed by atoms with van der Waals surface area (Å²) in [5.41, 5.74) is 0. The second-order valence-corrected chi connectivity index (χ2v) is 3.83. The molecule has 0 fully saturated rings. The Balaban J connectivity index is 2.96. The van der Waals surface area contributed by atoms with Crippen LogP contribution in [0.25, 0.3) is 0 Å². The summed E-state index contributed by atoms with van der Waals surface area (Å²) in [6, 6.07) is 0. The van der Waals surface area contributed by atoms with Crippen LogP contribution in [0.2, 0.25) is 0 Å². The minimum absolute atomic E-state index is 0.948. The number of hydrogen-bond donors (Lipinski definition) is 0. The van der Waals surface area contributed by atoms with Crippen molar-refractivity contribution in [3.8, 4) is 11.8 Å². The van der Waals surface area contributed by atoms with Gasteiger partial charge in [0.15, 0.2) is 0 Å².